The van der Waals surface area contributed by atoms with E-state index in [9.17, 15) is 0 Å². The quantitative estimate of drug-likeness (QED) is 0.608. The first-order chi connectivity index (χ1) is 4.69. The summed E-state index contributed by atoms with van der Waals surface area (Å²) in [5, 5.41) is 3.40. The largest absolute Gasteiger partial charge is 0.372 e. The Morgan fingerprint density at radius 1 is 1.64 bits per heavy atom. The number of rotatable bonds is 1. The van der Waals surface area contributed by atoms with Gasteiger partial charge in [0.1, 0.15) is 0 Å². The van der Waals surface area contributed by atoms with Crippen LogP contribution in [0.3, 0.4) is 0 Å². The van der Waals surface area contributed by atoms with Gasteiger partial charge in [0, 0.05) is 12.6 Å². The molecule has 0 aromatic heterocycles. The Morgan fingerprint density at radius 2 is 2.27 bits per heavy atom. The highest BCUT2D eigenvalue weighted by molar-refractivity contribution is 4.88. The highest BCUT2D eigenvalue weighted by Crippen LogP contribution is 2.21. The van der Waals surface area contributed by atoms with E-state index < -0.39 is 0 Å². The number of morpholine rings is 1. The Hall–Kier alpha value is -0.120. The predicted molar refractivity (Wildman–Crippen MR) is 47.1 cm³/mol. The average Bonchev–Trinajstić information content (AvgIpc) is 1.96. The van der Waals surface area contributed by atoms with Crippen molar-refractivity contribution in [2.45, 2.75) is 38.8 Å². The third-order valence-corrected chi connectivity index (χ3v) is 2.60. The molecule has 3 nitrogen and oxygen atoms in total. The summed E-state index contributed by atoms with van der Waals surface area (Å²) in [7, 11) is 0. The molecule has 0 aromatic rings. The van der Waals surface area contributed by atoms with Crippen LogP contribution in [0.5, 0.6) is 0 Å². The Balaban J connectivity index is 0.000001000. The van der Waals surface area contributed by atoms with Crippen LogP contribution in [-0.4, -0.2) is 24.8 Å². The first kappa shape index (κ1) is 10.9. The smallest absolute Gasteiger partial charge is 0.0802 e. The van der Waals surface area contributed by atoms with Crippen molar-refractivity contribution in [3.63, 3.8) is 0 Å². The van der Waals surface area contributed by atoms with Gasteiger partial charge in [-0.3, -0.25) is 0 Å². The molecule has 4 N–H and O–H groups in total. The predicted octanol–water partition coefficient (Wildman–Crippen LogP) is 1.33. The second kappa shape index (κ2) is 4.04. The molecule has 1 aliphatic heterocycles. The molecule has 0 aromatic carbocycles. The summed E-state index contributed by atoms with van der Waals surface area (Å²) in [4.78, 5) is 0. The van der Waals surface area contributed by atoms with Crippen LogP contribution in [0.25, 0.3) is 0 Å². The van der Waals surface area contributed by atoms with Gasteiger partial charge >= 0.3 is 0 Å². The molecule has 1 aliphatic rings. The molecular weight excluding hydrogens is 140 g/mol. The van der Waals surface area contributed by atoms with Gasteiger partial charge in [0.05, 0.1) is 12.2 Å². The van der Waals surface area contributed by atoms with E-state index >= 15 is 0 Å². The van der Waals surface area contributed by atoms with Crippen molar-refractivity contribution in [1.82, 2.24) is 11.5 Å². The van der Waals surface area contributed by atoms with Gasteiger partial charge in [-0.05, 0) is 20.3 Å². The lowest BCUT2D eigenvalue weighted by Gasteiger charge is -2.39. The summed E-state index contributed by atoms with van der Waals surface area (Å²) < 4.78 is 5.66. The van der Waals surface area contributed by atoms with Gasteiger partial charge in [0.15, 0.2) is 0 Å². The fourth-order valence-electron chi connectivity index (χ4n) is 1.31. The van der Waals surface area contributed by atoms with E-state index in [2.05, 4.69) is 26.1 Å². The van der Waals surface area contributed by atoms with Gasteiger partial charge in [0.2, 0.25) is 0 Å². The monoisotopic (exact) mass is 160 g/mol. The Bertz CT molecular complexity index is 119. The average molecular weight is 160 g/mol. The second-order valence-electron chi connectivity index (χ2n) is 3.19. The molecule has 1 fully saturated rings. The Labute approximate surface area is 69.1 Å². The standard InChI is InChI=1S/C8H17NO.H3N/c1-4-8(3)7(2)9-5-6-10-8;/h7,9H,4-6H2,1-3H3;1H3. The summed E-state index contributed by atoms with van der Waals surface area (Å²) in [6, 6.07) is 0.492. The molecule has 0 amide bonds. The first-order valence-corrected chi connectivity index (χ1v) is 4.06. The van der Waals surface area contributed by atoms with Crippen molar-refractivity contribution in [2.75, 3.05) is 13.2 Å². The lowest BCUT2D eigenvalue weighted by molar-refractivity contribution is -0.0814. The van der Waals surface area contributed by atoms with Crippen LogP contribution in [0, 0.1) is 0 Å². The Kier molecular flexibility index (Phi) is 4.00. The second-order valence-corrected chi connectivity index (χ2v) is 3.19. The number of hydrogen-bond donors (Lipinski definition) is 2. The van der Waals surface area contributed by atoms with Crippen molar-refractivity contribution >= 4 is 0 Å². The van der Waals surface area contributed by atoms with E-state index in [0.29, 0.717) is 6.04 Å². The highest BCUT2D eigenvalue weighted by Gasteiger charge is 2.32. The molecule has 0 spiro atoms. The van der Waals surface area contributed by atoms with Crippen LogP contribution < -0.4 is 11.5 Å². The minimum Gasteiger partial charge on any atom is -0.372 e. The minimum atomic E-state index is 0. The van der Waals surface area contributed by atoms with E-state index in [1.807, 2.05) is 0 Å². The SMILES string of the molecule is CCC1(C)OCCNC1C.N. The van der Waals surface area contributed by atoms with Crippen LogP contribution in [0.1, 0.15) is 27.2 Å². The van der Waals surface area contributed by atoms with E-state index in [1.165, 1.54) is 0 Å². The number of nitrogens with one attached hydrogen (secondary N) is 1. The molecule has 0 saturated carbocycles. The molecule has 0 radical (unpaired) electrons. The molecule has 1 saturated heterocycles. The molecular formula is C8H20N2O. The van der Waals surface area contributed by atoms with Crippen LogP contribution in [-0.2, 0) is 4.74 Å². The van der Waals surface area contributed by atoms with Crippen molar-refractivity contribution < 1.29 is 4.74 Å². The zero-order valence-corrected chi connectivity index (χ0v) is 7.81. The van der Waals surface area contributed by atoms with Gasteiger partial charge in [-0.2, -0.15) is 0 Å². The molecule has 3 heteroatoms. The maximum absolute atomic E-state index is 5.66. The number of hydrogen-bond acceptors (Lipinski definition) is 3. The van der Waals surface area contributed by atoms with Crippen molar-refractivity contribution in [2.24, 2.45) is 0 Å². The lowest BCUT2D eigenvalue weighted by Crippen LogP contribution is -2.54. The fourth-order valence-corrected chi connectivity index (χ4v) is 1.31. The summed E-state index contributed by atoms with van der Waals surface area (Å²) in [6.45, 7) is 8.38. The lowest BCUT2D eigenvalue weighted by atomic mass is 9.93. The third-order valence-electron chi connectivity index (χ3n) is 2.60. The van der Waals surface area contributed by atoms with E-state index in [0.717, 1.165) is 19.6 Å². The van der Waals surface area contributed by atoms with Gasteiger partial charge in [0.25, 0.3) is 0 Å². The van der Waals surface area contributed by atoms with Gasteiger partial charge in [-0.15, -0.1) is 0 Å². The molecule has 11 heavy (non-hydrogen) atoms. The summed E-state index contributed by atoms with van der Waals surface area (Å²) in [5.74, 6) is 0. The van der Waals surface area contributed by atoms with Crippen LogP contribution in [0.2, 0.25) is 0 Å². The normalized spacial score (nSPS) is 37.9. The van der Waals surface area contributed by atoms with Gasteiger partial charge in [-0.25, -0.2) is 0 Å². The van der Waals surface area contributed by atoms with Crippen molar-refractivity contribution in [1.29, 1.82) is 0 Å². The minimum absolute atomic E-state index is 0. The van der Waals surface area contributed by atoms with Gasteiger partial charge in [-0.1, -0.05) is 6.92 Å². The topological polar surface area (TPSA) is 56.3 Å². The van der Waals surface area contributed by atoms with Crippen LogP contribution in [0.15, 0.2) is 0 Å². The van der Waals surface area contributed by atoms with Crippen molar-refractivity contribution in [3.05, 3.63) is 0 Å². The number of ether oxygens (including phenoxy) is 1. The summed E-state index contributed by atoms with van der Waals surface area (Å²) in [5.41, 5.74) is 0.0677. The molecule has 68 valence electrons. The van der Waals surface area contributed by atoms with Crippen LogP contribution in [0.4, 0.5) is 0 Å². The molecule has 0 aliphatic carbocycles. The first-order valence-electron chi connectivity index (χ1n) is 4.06. The van der Waals surface area contributed by atoms with E-state index in [-0.39, 0.29) is 11.8 Å². The maximum Gasteiger partial charge on any atom is 0.0802 e. The molecule has 1 heterocycles. The fraction of sp³-hybridized carbons (Fsp3) is 1.00. The van der Waals surface area contributed by atoms with E-state index in [1.54, 1.807) is 0 Å². The molecule has 2 atom stereocenters. The summed E-state index contributed by atoms with van der Waals surface area (Å²) >= 11 is 0. The molecule has 1 rings (SSSR count). The van der Waals surface area contributed by atoms with Gasteiger partial charge < -0.3 is 16.2 Å². The zero-order chi connectivity index (χ0) is 7.61. The maximum atomic E-state index is 5.66. The van der Waals surface area contributed by atoms with Crippen molar-refractivity contribution in [3.8, 4) is 0 Å². The Morgan fingerprint density at radius 3 is 2.64 bits per heavy atom. The highest BCUT2D eigenvalue weighted by atomic mass is 16.5. The summed E-state index contributed by atoms with van der Waals surface area (Å²) in [6.07, 6.45) is 1.08. The van der Waals surface area contributed by atoms with E-state index in [4.69, 9.17) is 4.74 Å². The molecule has 2 unspecified atom stereocenters. The zero-order valence-electron chi connectivity index (χ0n) is 7.81. The third kappa shape index (κ3) is 2.15. The molecule has 0 bridgehead atoms. The van der Waals surface area contributed by atoms with Crippen LogP contribution >= 0.6 is 0 Å².